The molecule has 0 bridgehead atoms. The highest BCUT2D eigenvalue weighted by atomic mass is 35.5. The number of nitrogens with one attached hydrogen (secondary N) is 2. The first-order valence-corrected chi connectivity index (χ1v) is 10.4. The summed E-state index contributed by atoms with van der Waals surface area (Å²) >= 11 is 30.0. The molecule has 0 aliphatic carbocycles. The van der Waals surface area contributed by atoms with Gasteiger partial charge in [0.1, 0.15) is 11.0 Å². The molecule has 0 aliphatic heterocycles. The van der Waals surface area contributed by atoms with Crippen molar-refractivity contribution in [1.82, 2.24) is 10.4 Å². The average molecular weight is 516 g/mol. The third kappa shape index (κ3) is 6.56. The summed E-state index contributed by atoms with van der Waals surface area (Å²) < 4.78 is 0. The lowest BCUT2D eigenvalue weighted by Crippen LogP contribution is -2.18. The molecule has 0 unspecified atom stereocenters. The van der Waals surface area contributed by atoms with Crippen LogP contribution in [0, 0.1) is 0 Å². The first-order chi connectivity index (χ1) is 14.8. The molecular formula is C20H12Cl5N5O. The van der Waals surface area contributed by atoms with Gasteiger partial charge in [-0.15, -0.1) is 0 Å². The van der Waals surface area contributed by atoms with E-state index in [1.165, 1.54) is 24.6 Å². The van der Waals surface area contributed by atoms with E-state index in [1.807, 2.05) is 0 Å². The largest absolute Gasteiger partial charge is 0.271 e. The van der Waals surface area contributed by atoms with E-state index < -0.39 is 5.91 Å². The van der Waals surface area contributed by atoms with E-state index in [4.69, 9.17) is 58.0 Å². The van der Waals surface area contributed by atoms with E-state index in [0.29, 0.717) is 25.7 Å². The number of halogens is 5. The lowest BCUT2D eigenvalue weighted by Gasteiger charge is -2.05. The number of hydrazone groups is 2. The fraction of sp³-hybridized carbons (Fsp3) is 0. The summed E-state index contributed by atoms with van der Waals surface area (Å²) in [6.45, 7) is 0. The van der Waals surface area contributed by atoms with Gasteiger partial charge in [0.25, 0.3) is 5.91 Å². The van der Waals surface area contributed by atoms with Crippen molar-refractivity contribution in [3.8, 4) is 0 Å². The van der Waals surface area contributed by atoms with Gasteiger partial charge >= 0.3 is 0 Å². The molecule has 6 nitrogen and oxygen atoms in total. The molecule has 0 radical (unpaired) electrons. The first-order valence-electron chi connectivity index (χ1n) is 8.52. The first kappa shape index (κ1) is 23.3. The second kappa shape index (κ2) is 10.8. The number of amides is 1. The van der Waals surface area contributed by atoms with Gasteiger partial charge in [-0.25, -0.2) is 10.4 Å². The monoisotopic (exact) mass is 513 g/mol. The molecular weight excluding hydrogens is 504 g/mol. The van der Waals surface area contributed by atoms with Crippen molar-refractivity contribution in [2.75, 3.05) is 5.43 Å². The normalized spacial score (nSPS) is 11.3. The smallest absolute Gasteiger partial charge is 0.267 e. The summed E-state index contributed by atoms with van der Waals surface area (Å²) in [5.41, 5.74) is 6.51. The standard InChI is InChI=1S/C20H12Cl5N5O/c21-14-2-1-3-15(22)13(14)10-27-30-20(31)12-7-18(25)28-19(8-12)29-26-9-11-4-5-16(23)17(24)6-11/h1-10H,(H,28,29)(H,30,31)/b26-9+,27-10+. The summed E-state index contributed by atoms with van der Waals surface area (Å²) in [4.78, 5) is 16.5. The number of hydrogen-bond donors (Lipinski definition) is 2. The van der Waals surface area contributed by atoms with Gasteiger partial charge in [-0.3, -0.25) is 10.2 Å². The number of nitrogens with zero attached hydrogens (tertiary/aromatic N) is 3. The number of pyridine rings is 1. The molecule has 2 aromatic carbocycles. The molecule has 3 aromatic rings. The van der Waals surface area contributed by atoms with Crippen LogP contribution >= 0.6 is 58.0 Å². The average Bonchev–Trinajstić information content (AvgIpc) is 2.72. The van der Waals surface area contributed by atoms with Crippen molar-refractivity contribution < 1.29 is 4.79 Å². The minimum atomic E-state index is -0.514. The molecule has 0 atom stereocenters. The molecule has 31 heavy (non-hydrogen) atoms. The second-order valence-corrected chi connectivity index (χ2v) is 7.96. The van der Waals surface area contributed by atoms with Gasteiger partial charge in [0.15, 0.2) is 0 Å². The van der Waals surface area contributed by atoms with Crippen LogP contribution in [-0.4, -0.2) is 23.3 Å². The number of aromatic nitrogens is 1. The van der Waals surface area contributed by atoms with E-state index in [9.17, 15) is 4.79 Å². The topological polar surface area (TPSA) is 78.7 Å². The number of anilines is 1. The minimum Gasteiger partial charge on any atom is -0.267 e. The van der Waals surface area contributed by atoms with Crippen molar-refractivity contribution >= 4 is 82.2 Å². The van der Waals surface area contributed by atoms with Crippen molar-refractivity contribution in [1.29, 1.82) is 0 Å². The van der Waals surface area contributed by atoms with Crippen LogP contribution in [0.2, 0.25) is 25.2 Å². The molecule has 11 heteroatoms. The molecule has 1 heterocycles. The highest BCUT2D eigenvalue weighted by Crippen LogP contribution is 2.23. The zero-order valence-electron chi connectivity index (χ0n) is 15.4. The summed E-state index contributed by atoms with van der Waals surface area (Å²) in [6.07, 6.45) is 2.87. The van der Waals surface area contributed by atoms with E-state index in [1.54, 1.807) is 36.4 Å². The Morgan fingerprint density at radius 3 is 2.29 bits per heavy atom. The maximum absolute atomic E-state index is 12.4. The molecule has 2 N–H and O–H groups in total. The second-order valence-electron chi connectivity index (χ2n) is 5.94. The Morgan fingerprint density at radius 1 is 0.839 bits per heavy atom. The van der Waals surface area contributed by atoms with Gasteiger partial charge in [0.05, 0.1) is 32.5 Å². The summed E-state index contributed by atoms with van der Waals surface area (Å²) in [6, 6.07) is 12.9. The fourth-order valence-corrected chi connectivity index (χ4v) is 3.32. The SMILES string of the molecule is O=C(N/N=C/c1c(Cl)cccc1Cl)c1cc(Cl)nc(N/N=C/c2ccc(Cl)c(Cl)c2)c1. The Labute approximate surface area is 202 Å². The van der Waals surface area contributed by atoms with E-state index in [-0.39, 0.29) is 16.5 Å². The van der Waals surface area contributed by atoms with E-state index >= 15 is 0 Å². The van der Waals surface area contributed by atoms with Crippen LogP contribution in [0.15, 0.2) is 58.7 Å². The Morgan fingerprint density at radius 2 is 1.58 bits per heavy atom. The van der Waals surface area contributed by atoms with Crippen LogP contribution in [0.4, 0.5) is 5.82 Å². The number of hydrogen-bond acceptors (Lipinski definition) is 5. The molecule has 3 rings (SSSR count). The third-order valence-corrected chi connectivity index (χ3v) is 5.34. The van der Waals surface area contributed by atoms with Gasteiger partial charge in [0.2, 0.25) is 0 Å². The summed E-state index contributed by atoms with van der Waals surface area (Å²) in [5, 5.41) is 9.70. The van der Waals surface area contributed by atoms with Crippen LogP contribution in [-0.2, 0) is 0 Å². The minimum absolute atomic E-state index is 0.0954. The van der Waals surface area contributed by atoms with Crippen molar-refractivity contribution in [2.45, 2.75) is 0 Å². The fourth-order valence-electron chi connectivity index (χ4n) is 2.30. The van der Waals surface area contributed by atoms with Crippen molar-refractivity contribution in [3.05, 3.63) is 90.5 Å². The molecule has 0 fully saturated rings. The maximum Gasteiger partial charge on any atom is 0.271 e. The quantitative estimate of drug-likeness (QED) is 0.222. The van der Waals surface area contributed by atoms with Crippen molar-refractivity contribution in [2.24, 2.45) is 10.2 Å². The molecule has 0 saturated heterocycles. The van der Waals surface area contributed by atoms with Crippen LogP contribution in [0.25, 0.3) is 0 Å². The zero-order valence-corrected chi connectivity index (χ0v) is 19.2. The Hall–Kier alpha value is -2.35. The summed E-state index contributed by atoms with van der Waals surface area (Å²) in [7, 11) is 0. The van der Waals surface area contributed by atoms with Gasteiger partial charge in [-0.1, -0.05) is 70.1 Å². The maximum atomic E-state index is 12.4. The molecule has 0 saturated carbocycles. The van der Waals surface area contributed by atoms with Crippen LogP contribution in [0.5, 0.6) is 0 Å². The predicted octanol–water partition coefficient (Wildman–Crippen LogP) is 6.56. The third-order valence-electron chi connectivity index (χ3n) is 3.75. The number of rotatable bonds is 6. The molecule has 0 spiro atoms. The van der Waals surface area contributed by atoms with Crippen LogP contribution in [0.1, 0.15) is 21.5 Å². The molecule has 0 aliphatic rings. The molecule has 1 amide bonds. The van der Waals surface area contributed by atoms with Crippen LogP contribution in [0.3, 0.4) is 0 Å². The molecule has 158 valence electrons. The Kier molecular flexibility index (Phi) is 8.12. The highest BCUT2D eigenvalue weighted by molar-refractivity contribution is 6.42. The van der Waals surface area contributed by atoms with Gasteiger partial charge < -0.3 is 0 Å². The predicted molar refractivity (Wildman–Crippen MR) is 128 cm³/mol. The number of carbonyl (C=O) groups excluding carboxylic acids is 1. The lowest BCUT2D eigenvalue weighted by molar-refractivity contribution is 0.0955. The van der Waals surface area contributed by atoms with E-state index in [2.05, 4.69) is 26.0 Å². The highest BCUT2D eigenvalue weighted by Gasteiger charge is 2.09. The van der Waals surface area contributed by atoms with E-state index in [0.717, 1.165) is 5.56 Å². The van der Waals surface area contributed by atoms with Crippen molar-refractivity contribution in [3.63, 3.8) is 0 Å². The van der Waals surface area contributed by atoms with Crippen LogP contribution < -0.4 is 10.9 Å². The van der Waals surface area contributed by atoms with Gasteiger partial charge in [-0.05, 0) is 42.0 Å². The number of carbonyl (C=O) groups is 1. The molecule has 1 aromatic heterocycles. The van der Waals surface area contributed by atoms with Gasteiger partial charge in [-0.2, -0.15) is 10.2 Å². The lowest BCUT2D eigenvalue weighted by atomic mass is 10.2. The Balaban J connectivity index is 1.68. The number of benzene rings is 2. The van der Waals surface area contributed by atoms with Gasteiger partial charge in [0, 0.05) is 11.1 Å². The summed E-state index contributed by atoms with van der Waals surface area (Å²) in [5.74, 6) is -0.257. The Bertz CT molecular complexity index is 1160. The zero-order chi connectivity index (χ0) is 22.4.